The minimum Gasteiger partial charge on any atom is -0.493 e. The van der Waals surface area contributed by atoms with Crippen molar-refractivity contribution in [1.82, 2.24) is 29.9 Å². The van der Waals surface area contributed by atoms with Crippen molar-refractivity contribution in [3.05, 3.63) is 122 Å². The Morgan fingerprint density at radius 2 is 0.625 bits per heavy atom. The van der Waals surface area contributed by atoms with Crippen LogP contribution in [0.4, 0.5) is 0 Å². The minimum atomic E-state index is 0.670. The van der Waals surface area contributed by atoms with Gasteiger partial charge in [-0.25, -0.2) is 9.97 Å². The maximum absolute atomic E-state index is 6.18. The van der Waals surface area contributed by atoms with Gasteiger partial charge in [0, 0.05) is 49.1 Å². The third-order valence-corrected chi connectivity index (χ3v) is 7.88. The molecular formula is C40H40N6O2. The third kappa shape index (κ3) is 9.51. The molecule has 0 aliphatic heterocycles. The van der Waals surface area contributed by atoms with E-state index in [-0.39, 0.29) is 0 Å². The fraction of sp³-hybridized carbons (Fsp3) is 0.250. The van der Waals surface area contributed by atoms with Crippen LogP contribution in [0.25, 0.3) is 45.6 Å². The zero-order valence-electron chi connectivity index (χ0n) is 27.1. The van der Waals surface area contributed by atoms with E-state index in [0.717, 1.165) is 82.7 Å². The Balaban J connectivity index is 0.895. The van der Waals surface area contributed by atoms with Gasteiger partial charge in [0.2, 0.25) is 0 Å². The molecule has 0 bridgehead atoms. The van der Waals surface area contributed by atoms with Crippen LogP contribution in [0.2, 0.25) is 0 Å². The van der Waals surface area contributed by atoms with E-state index < -0.39 is 0 Å². The Morgan fingerprint density at radius 3 is 0.896 bits per heavy atom. The van der Waals surface area contributed by atoms with Crippen molar-refractivity contribution in [2.24, 2.45) is 0 Å². The third-order valence-electron chi connectivity index (χ3n) is 7.88. The summed E-state index contributed by atoms with van der Waals surface area (Å²) in [6.45, 7) is 1.34. The summed E-state index contributed by atoms with van der Waals surface area (Å²) in [5.74, 6) is 1.59. The molecule has 6 aromatic heterocycles. The number of hydrogen-bond donors (Lipinski definition) is 0. The van der Waals surface area contributed by atoms with Crippen LogP contribution in [0.5, 0.6) is 11.5 Å². The zero-order valence-corrected chi connectivity index (χ0v) is 27.1. The Labute approximate surface area is 282 Å². The summed E-state index contributed by atoms with van der Waals surface area (Å²) in [4.78, 5) is 27.5. The van der Waals surface area contributed by atoms with Gasteiger partial charge in [-0.3, -0.25) is 19.9 Å². The molecule has 0 unspecified atom stereocenters. The molecule has 8 heteroatoms. The van der Waals surface area contributed by atoms with Crippen LogP contribution in [0.1, 0.15) is 51.4 Å². The quantitative estimate of drug-likeness (QED) is 0.0914. The normalized spacial score (nSPS) is 10.9. The van der Waals surface area contributed by atoms with Crippen molar-refractivity contribution in [3.8, 4) is 57.1 Å². The second kappa shape index (κ2) is 17.4. The van der Waals surface area contributed by atoms with Gasteiger partial charge in [-0.1, -0.05) is 62.8 Å². The first-order chi connectivity index (χ1) is 23.8. The highest BCUT2D eigenvalue weighted by molar-refractivity contribution is 5.65. The van der Waals surface area contributed by atoms with E-state index in [4.69, 9.17) is 19.4 Å². The number of aromatic nitrogens is 6. The zero-order chi connectivity index (χ0) is 32.6. The van der Waals surface area contributed by atoms with Crippen molar-refractivity contribution in [2.45, 2.75) is 51.4 Å². The predicted octanol–water partition coefficient (Wildman–Crippen LogP) is 9.30. The Kier molecular flexibility index (Phi) is 11.8. The summed E-state index contributed by atoms with van der Waals surface area (Å²) in [5.41, 5.74) is 6.38. The van der Waals surface area contributed by atoms with E-state index in [9.17, 15) is 0 Å². The minimum absolute atomic E-state index is 0.670. The van der Waals surface area contributed by atoms with Gasteiger partial charge in [-0.2, -0.15) is 0 Å². The van der Waals surface area contributed by atoms with Crippen molar-refractivity contribution in [3.63, 3.8) is 0 Å². The molecule has 242 valence electrons. The molecule has 6 rings (SSSR count). The highest BCUT2D eigenvalue weighted by Gasteiger charge is 2.11. The molecule has 0 spiro atoms. The Bertz CT molecular complexity index is 1570. The lowest BCUT2D eigenvalue weighted by molar-refractivity contribution is 0.301. The molecule has 6 heterocycles. The number of pyridine rings is 6. The molecule has 0 aliphatic carbocycles. The van der Waals surface area contributed by atoms with Crippen LogP contribution in [-0.2, 0) is 0 Å². The Hall–Kier alpha value is -5.50. The molecule has 48 heavy (non-hydrogen) atoms. The molecular weight excluding hydrogens is 596 g/mol. The molecule has 0 fully saturated rings. The fourth-order valence-electron chi connectivity index (χ4n) is 5.40. The molecule has 8 nitrogen and oxygen atoms in total. The van der Waals surface area contributed by atoms with Crippen LogP contribution >= 0.6 is 0 Å². The number of hydrogen-bond acceptors (Lipinski definition) is 8. The smallest absolute Gasteiger partial charge is 0.123 e. The number of ether oxygens (including phenoxy) is 2. The second-order valence-electron chi connectivity index (χ2n) is 11.5. The average Bonchev–Trinajstić information content (AvgIpc) is 3.16. The van der Waals surface area contributed by atoms with Crippen molar-refractivity contribution in [1.29, 1.82) is 0 Å². The van der Waals surface area contributed by atoms with Crippen LogP contribution in [0.3, 0.4) is 0 Å². The van der Waals surface area contributed by atoms with Gasteiger partial charge in [0.05, 0.1) is 58.8 Å². The lowest BCUT2D eigenvalue weighted by Gasteiger charge is -2.11. The maximum atomic E-state index is 6.18. The van der Waals surface area contributed by atoms with Crippen LogP contribution in [0.15, 0.2) is 122 Å². The summed E-state index contributed by atoms with van der Waals surface area (Å²) < 4.78 is 12.4. The van der Waals surface area contributed by atoms with E-state index in [1.165, 1.54) is 25.7 Å². The van der Waals surface area contributed by atoms with E-state index in [0.29, 0.717) is 13.2 Å². The molecule has 0 saturated heterocycles. The standard InChI is InChI=1S/C40H40N6O2/c1(3-5-15-25-47-31-27-37(33-17-7-11-21-41-33)45-38(28-31)34-18-8-12-22-42-34)2-4-6-16-26-48-32-29-39(35-19-9-13-23-43-35)46-40(30-32)36-20-10-14-24-44-36/h7-14,17-24,27-30H,1-6,15-16,25-26H2. The van der Waals surface area contributed by atoms with Gasteiger partial charge in [-0.15, -0.1) is 0 Å². The highest BCUT2D eigenvalue weighted by atomic mass is 16.5. The first-order valence-electron chi connectivity index (χ1n) is 16.8. The number of rotatable bonds is 17. The van der Waals surface area contributed by atoms with Crippen molar-refractivity contribution in [2.75, 3.05) is 13.2 Å². The van der Waals surface area contributed by atoms with Gasteiger partial charge < -0.3 is 9.47 Å². The van der Waals surface area contributed by atoms with Crippen LogP contribution in [0, 0.1) is 0 Å². The molecule has 0 N–H and O–H groups in total. The van der Waals surface area contributed by atoms with Crippen LogP contribution in [-0.4, -0.2) is 43.1 Å². The predicted molar refractivity (Wildman–Crippen MR) is 189 cm³/mol. The topological polar surface area (TPSA) is 95.8 Å². The van der Waals surface area contributed by atoms with E-state index in [1.54, 1.807) is 24.8 Å². The van der Waals surface area contributed by atoms with Crippen molar-refractivity contribution >= 4 is 0 Å². The first kappa shape index (κ1) is 32.4. The summed E-state index contributed by atoms with van der Waals surface area (Å²) in [6, 6.07) is 31.2. The fourth-order valence-corrected chi connectivity index (χ4v) is 5.40. The monoisotopic (exact) mass is 636 g/mol. The van der Waals surface area contributed by atoms with E-state index in [2.05, 4.69) is 19.9 Å². The summed E-state index contributed by atoms with van der Waals surface area (Å²) in [6.07, 6.45) is 16.3. The van der Waals surface area contributed by atoms with Gasteiger partial charge in [-0.05, 0) is 61.4 Å². The number of unbranched alkanes of at least 4 members (excludes halogenated alkanes) is 7. The van der Waals surface area contributed by atoms with E-state index in [1.807, 2.05) is 97.1 Å². The lowest BCUT2D eigenvalue weighted by atomic mass is 10.1. The van der Waals surface area contributed by atoms with Gasteiger partial charge in [0.15, 0.2) is 0 Å². The summed E-state index contributed by atoms with van der Waals surface area (Å²) >= 11 is 0. The van der Waals surface area contributed by atoms with Gasteiger partial charge in [0.1, 0.15) is 11.5 Å². The SMILES string of the molecule is c1ccc(-c2cc(OCCCCCCCCCCOc3cc(-c4ccccn4)nc(-c4ccccn4)c3)cc(-c3ccccn3)n2)nc1. The van der Waals surface area contributed by atoms with Gasteiger partial charge in [0.25, 0.3) is 0 Å². The number of nitrogens with zero attached hydrogens (tertiary/aromatic N) is 6. The molecule has 0 aliphatic rings. The highest BCUT2D eigenvalue weighted by Crippen LogP contribution is 2.28. The average molecular weight is 637 g/mol. The van der Waals surface area contributed by atoms with Crippen LogP contribution < -0.4 is 9.47 Å². The molecule has 0 atom stereocenters. The van der Waals surface area contributed by atoms with Crippen molar-refractivity contribution < 1.29 is 9.47 Å². The molecule has 0 amide bonds. The lowest BCUT2D eigenvalue weighted by Crippen LogP contribution is -2.00. The van der Waals surface area contributed by atoms with Gasteiger partial charge >= 0.3 is 0 Å². The largest absolute Gasteiger partial charge is 0.493 e. The molecule has 0 aromatic carbocycles. The second-order valence-corrected chi connectivity index (χ2v) is 11.5. The molecule has 0 saturated carbocycles. The summed E-state index contributed by atoms with van der Waals surface area (Å²) in [7, 11) is 0. The molecule has 0 radical (unpaired) electrons. The Morgan fingerprint density at radius 1 is 0.333 bits per heavy atom. The maximum Gasteiger partial charge on any atom is 0.123 e. The molecule has 6 aromatic rings. The first-order valence-corrected chi connectivity index (χ1v) is 16.8. The van der Waals surface area contributed by atoms with E-state index >= 15 is 0 Å². The summed E-state index contributed by atoms with van der Waals surface area (Å²) in [5, 5.41) is 0.